The lowest BCUT2D eigenvalue weighted by atomic mass is 9.97. The molecule has 2 rings (SSSR count). The average molecular weight is 290 g/mol. The van der Waals surface area contributed by atoms with Crippen molar-refractivity contribution in [3.8, 4) is 0 Å². The summed E-state index contributed by atoms with van der Waals surface area (Å²) in [6.45, 7) is 5.11. The number of ether oxygens (including phenoxy) is 1. The van der Waals surface area contributed by atoms with Gasteiger partial charge in [-0.2, -0.15) is 0 Å². The third-order valence-corrected chi connectivity index (χ3v) is 3.83. The lowest BCUT2D eigenvalue weighted by Crippen LogP contribution is -2.52. The molecule has 1 aliphatic rings. The summed E-state index contributed by atoms with van der Waals surface area (Å²) in [7, 11) is 1.30. The number of fused-ring (bicyclic) bond motifs is 1. The van der Waals surface area contributed by atoms with Crippen molar-refractivity contribution in [3.63, 3.8) is 0 Å². The molecule has 5 nitrogen and oxygen atoms in total. The fraction of sp³-hybridized carbons (Fsp3) is 0.500. The predicted octanol–water partition coefficient (Wildman–Crippen LogP) is 1.95. The molecule has 2 amide bonds. The molecule has 1 aromatic carbocycles. The van der Waals surface area contributed by atoms with Gasteiger partial charge in [0.25, 0.3) is 0 Å². The van der Waals surface area contributed by atoms with E-state index in [1.165, 1.54) is 18.2 Å². The van der Waals surface area contributed by atoms with Crippen molar-refractivity contribution < 1.29 is 14.3 Å². The fourth-order valence-electron chi connectivity index (χ4n) is 2.58. The average Bonchev–Trinajstić information content (AvgIpc) is 2.50. The summed E-state index contributed by atoms with van der Waals surface area (Å²) >= 11 is 0. The number of nitrogens with zero attached hydrogens (tertiary/aromatic N) is 1. The monoisotopic (exact) mass is 290 g/mol. The maximum atomic E-state index is 12.7. The lowest BCUT2D eigenvalue weighted by molar-refractivity contribution is -0.135. The zero-order valence-corrected chi connectivity index (χ0v) is 12.8. The molecule has 0 saturated carbocycles. The molecule has 0 bridgehead atoms. The molecule has 0 aromatic heterocycles. The quantitative estimate of drug-likeness (QED) is 0.925. The summed E-state index contributed by atoms with van der Waals surface area (Å²) < 4.78 is 4.60. The number of amides is 2. The Kier molecular flexibility index (Phi) is 4.83. The Labute approximate surface area is 125 Å². The minimum Gasteiger partial charge on any atom is -0.453 e. The third-order valence-electron chi connectivity index (χ3n) is 3.83. The van der Waals surface area contributed by atoms with Gasteiger partial charge in [-0.15, -0.1) is 0 Å². The topological polar surface area (TPSA) is 58.6 Å². The van der Waals surface area contributed by atoms with Crippen LogP contribution in [0.2, 0.25) is 0 Å². The maximum Gasteiger partial charge on any atom is 0.407 e. The largest absolute Gasteiger partial charge is 0.453 e. The van der Waals surface area contributed by atoms with Crippen LogP contribution in [0.3, 0.4) is 0 Å². The molecule has 0 unspecified atom stereocenters. The van der Waals surface area contributed by atoms with Crippen molar-refractivity contribution in [1.82, 2.24) is 10.2 Å². The molecule has 5 heteroatoms. The van der Waals surface area contributed by atoms with Gasteiger partial charge in [-0.1, -0.05) is 38.1 Å². The van der Waals surface area contributed by atoms with Gasteiger partial charge in [0.2, 0.25) is 5.91 Å². The van der Waals surface area contributed by atoms with Gasteiger partial charge in [-0.25, -0.2) is 4.79 Å². The summed E-state index contributed by atoms with van der Waals surface area (Å²) in [6, 6.07) is 7.60. The number of methoxy groups -OCH3 is 1. The molecule has 21 heavy (non-hydrogen) atoms. The number of hydrogen-bond acceptors (Lipinski definition) is 3. The number of rotatable bonds is 3. The fourth-order valence-corrected chi connectivity index (χ4v) is 2.58. The van der Waals surface area contributed by atoms with Crippen molar-refractivity contribution in [2.45, 2.75) is 32.9 Å². The van der Waals surface area contributed by atoms with E-state index < -0.39 is 12.1 Å². The highest BCUT2D eigenvalue weighted by atomic mass is 16.5. The molecule has 1 atom stereocenters. The molecule has 1 aliphatic heterocycles. The smallest absolute Gasteiger partial charge is 0.407 e. The molecule has 0 saturated heterocycles. The van der Waals surface area contributed by atoms with E-state index in [9.17, 15) is 9.59 Å². The Morgan fingerprint density at radius 3 is 2.52 bits per heavy atom. The van der Waals surface area contributed by atoms with Crippen LogP contribution in [0.15, 0.2) is 24.3 Å². The van der Waals surface area contributed by atoms with E-state index in [1.807, 2.05) is 36.9 Å². The Bertz CT molecular complexity index is 528. The van der Waals surface area contributed by atoms with Crippen LogP contribution in [0.4, 0.5) is 4.79 Å². The molecular formula is C16H22N2O3. The third kappa shape index (κ3) is 3.54. The number of carbonyl (C=O) groups excluding carboxylic acids is 2. The van der Waals surface area contributed by atoms with Crippen LogP contribution >= 0.6 is 0 Å². The van der Waals surface area contributed by atoms with Crippen molar-refractivity contribution in [2.24, 2.45) is 5.92 Å². The molecular weight excluding hydrogens is 268 g/mol. The summed E-state index contributed by atoms with van der Waals surface area (Å²) in [5.41, 5.74) is 2.47. The molecule has 1 heterocycles. The van der Waals surface area contributed by atoms with Crippen molar-refractivity contribution >= 4 is 12.0 Å². The highest BCUT2D eigenvalue weighted by molar-refractivity contribution is 5.86. The van der Waals surface area contributed by atoms with Gasteiger partial charge in [0.1, 0.15) is 6.04 Å². The van der Waals surface area contributed by atoms with E-state index in [0.717, 1.165) is 6.42 Å². The molecule has 0 radical (unpaired) electrons. The van der Waals surface area contributed by atoms with Gasteiger partial charge in [0, 0.05) is 13.1 Å². The van der Waals surface area contributed by atoms with Crippen molar-refractivity contribution in [1.29, 1.82) is 0 Å². The van der Waals surface area contributed by atoms with E-state index in [-0.39, 0.29) is 11.8 Å². The van der Waals surface area contributed by atoms with Crippen LogP contribution in [0.1, 0.15) is 25.0 Å². The molecule has 0 spiro atoms. The second-order valence-corrected chi connectivity index (χ2v) is 5.64. The number of nitrogens with one attached hydrogen (secondary N) is 1. The highest BCUT2D eigenvalue weighted by Crippen LogP contribution is 2.20. The first-order valence-corrected chi connectivity index (χ1v) is 7.23. The Morgan fingerprint density at radius 2 is 1.90 bits per heavy atom. The number of alkyl carbamates (subject to hydrolysis) is 1. The van der Waals surface area contributed by atoms with Crippen molar-refractivity contribution in [3.05, 3.63) is 35.4 Å². The van der Waals surface area contributed by atoms with Crippen LogP contribution < -0.4 is 5.32 Å². The summed E-state index contributed by atoms with van der Waals surface area (Å²) in [4.78, 5) is 25.9. The molecule has 0 fully saturated rings. The van der Waals surface area contributed by atoms with Crippen LogP contribution in [0, 0.1) is 5.92 Å². The second-order valence-electron chi connectivity index (χ2n) is 5.64. The minimum atomic E-state index is -0.570. The van der Waals surface area contributed by atoms with Crippen LogP contribution in [-0.4, -0.2) is 36.6 Å². The van der Waals surface area contributed by atoms with E-state index in [1.54, 1.807) is 0 Å². The Hall–Kier alpha value is -2.04. The van der Waals surface area contributed by atoms with Gasteiger partial charge in [-0.05, 0) is 23.5 Å². The van der Waals surface area contributed by atoms with Gasteiger partial charge >= 0.3 is 6.09 Å². The summed E-state index contributed by atoms with van der Waals surface area (Å²) in [6.07, 6.45) is 0.282. The van der Waals surface area contributed by atoms with Crippen molar-refractivity contribution in [2.75, 3.05) is 13.7 Å². The lowest BCUT2D eigenvalue weighted by Gasteiger charge is -2.33. The molecule has 1 N–H and O–H groups in total. The van der Waals surface area contributed by atoms with E-state index in [4.69, 9.17) is 0 Å². The first kappa shape index (κ1) is 15.4. The predicted molar refractivity (Wildman–Crippen MR) is 79.7 cm³/mol. The second kappa shape index (κ2) is 6.61. The van der Waals surface area contributed by atoms with Crippen LogP contribution in [0.25, 0.3) is 0 Å². The molecule has 1 aromatic rings. The number of benzene rings is 1. The highest BCUT2D eigenvalue weighted by Gasteiger charge is 2.30. The summed E-state index contributed by atoms with van der Waals surface area (Å²) in [5, 5.41) is 2.63. The van der Waals surface area contributed by atoms with Gasteiger partial charge in [-0.3, -0.25) is 4.79 Å². The zero-order chi connectivity index (χ0) is 15.4. The van der Waals surface area contributed by atoms with E-state index in [0.29, 0.717) is 13.1 Å². The van der Waals surface area contributed by atoms with Crippen LogP contribution in [-0.2, 0) is 22.5 Å². The van der Waals surface area contributed by atoms with Gasteiger partial charge in [0.15, 0.2) is 0 Å². The normalized spacial score (nSPS) is 15.3. The van der Waals surface area contributed by atoms with Gasteiger partial charge < -0.3 is 15.0 Å². The van der Waals surface area contributed by atoms with Crippen LogP contribution in [0.5, 0.6) is 0 Å². The Balaban J connectivity index is 2.10. The molecule has 114 valence electrons. The maximum absolute atomic E-state index is 12.7. The number of hydrogen-bond donors (Lipinski definition) is 1. The standard InChI is InChI=1S/C16H22N2O3/c1-11(2)14(17-16(20)21-3)15(19)18-9-8-12-6-4-5-7-13(12)10-18/h4-7,11,14H,8-10H2,1-3H3,(H,17,20)/t14-/m1/s1. The number of carbonyl (C=O) groups is 2. The van der Waals surface area contributed by atoms with E-state index in [2.05, 4.69) is 16.1 Å². The summed E-state index contributed by atoms with van der Waals surface area (Å²) in [5.74, 6) is -0.0429. The van der Waals surface area contributed by atoms with E-state index >= 15 is 0 Å². The zero-order valence-electron chi connectivity index (χ0n) is 12.8. The minimum absolute atomic E-state index is 0.00812. The van der Waals surface area contributed by atoms with Gasteiger partial charge in [0.05, 0.1) is 7.11 Å². The Morgan fingerprint density at radius 1 is 1.24 bits per heavy atom. The first-order valence-electron chi connectivity index (χ1n) is 7.23. The SMILES string of the molecule is COC(=O)N[C@@H](C(=O)N1CCc2ccccc2C1)C(C)C. The molecule has 0 aliphatic carbocycles. The first-order chi connectivity index (χ1) is 10.0.